The van der Waals surface area contributed by atoms with Crippen LogP contribution in [0, 0.1) is 34.5 Å². The molecule has 3 fully saturated rings. The average molecular weight is 347 g/mol. The Labute approximate surface area is 152 Å². The van der Waals surface area contributed by atoms with Crippen molar-refractivity contribution in [2.75, 3.05) is 13.7 Å². The van der Waals surface area contributed by atoms with Gasteiger partial charge in [-0.3, -0.25) is 4.79 Å². The van der Waals surface area contributed by atoms with E-state index >= 15 is 0 Å². The van der Waals surface area contributed by atoms with E-state index < -0.39 is 0 Å². The molecule has 140 valence electrons. The lowest BCUT2D eigenvalue weighted by molar-refractivity contribution is -0.128. The van der Waals surface area contributed by atoms with E-state index in [0.29, 0.717) is 23.5 Å². The molecule has 0 aromatic heterocycles. The third-order valence-electron chi connectivity index (χ3n) is 8.69. The van der Waals surface area contributed by atoms with Gasteiger partial charge in [-0.15, -0.1) is 0 Å². The predicted octanol–water partition coefficient (Wildman–Crippen LogP) is 4.14. The molecule has 4 rings (SSSR count). The number of hydrogen-bond donors (Lipinski definition) is 1. The van der Waals surface area contributed by atoms with Crippen LogP contribution in [0.15, 0.2) is 11.6 Å². The minimum atomic E-state index is -0.171. The van der Waals surface area contributed by atoms with Gasteiger partial charge in [0.2, 0.25) is 0 Å². The molecule has 0 spiro atoms. The average Bonchev–Trinajstić information content (AvgIpc) is 2.93. The molecule has 25 heavy (non-hydrogen) atoms. The van der Waals surface area contributed by atoms with E-state index in [1.165, 1.54) is 24.8 Å². The number of methoxy groups -OCH3 is 1. The van der Waals surface area contributed by atoms with E-state index in [0.717, 1.165) is 38.7 Å². The Bertz CT molecular complexity index is 582. The van der Waals surface area contributed by atoms with Crippen LogP contribution in [0.2, 0.25) is 0 Å². The molecule has 3 heteroatoms. The number of aliphatic hydroxyl groups excluding tert-OH is 1. The smallest absolute Gasteiger partial charge is 0.133 e. The molecule has 0 amide bonds. The highest BCUT2D eigenvalue weighted by atomic mass is 16.5. The fraction of sp³-hybridized carbons (Fsp3) is 0.864. The predicted molar refractivity (Wildman–Crippen MR) is 98.1 cm³/mol. The van der Waals surface area contributed by atoms with Crippen LogP contribution >= 0.6 is 0 Å². The zero-order valence-electron chi connectivity index (χ0n) is 16.1. The van der Waals surface area contributed by atoms with Crippen LogP contribution in [0.25, 0.3) is 0 Å². The van der Waals surface area contributed by atoms with E-state index in [2.05, 4.69) is 13.0 Å². The molecule has 0 radical (unpaired) electrons. The van der Waals surface area contributed by atoms with Gasteiger partial charge in [-0.1, -0.05) is 18.6 Å². The first-order chi connectivity index (χ1) is 11.9. The van der Waals surface area contributed by atoms with Gasteiger partial charge >= 0.3 is 0 Å². The van der Waals surface area contributed by atoms with Crippen molar-refractivity contribution in [1.82, 2.24) is 0 Å². The molecule has 4 aliphatic carbocycles. The minimum Gasteiger partial charge on any atom is -0.393 e. The summed E-state index contributed by atoms with van der Waals surface area (Å²) in [6.07, 6.45) is 10.9. The van der Waals surface area contributed by atoms with Crippen molar-refractivity contribution in [2.24, 2.45) is 34.5 Å². The van der Waals surface area contributed by atoms with Gasteiger partial charge in [-0.05, 0) is 81.5 Å². The van der Waals surface area contributed by atoms with Crippen LogP contribution < -0.4 is 0 Å². The Morgan fingerprint density at radius 1 is 1.24 bits per heavy atom. The van der Waals surface area contributed by atoms with E-state index in [-0.39, 0.29) is 22.9 Å². The summed E-state index contributed by atoms with van der Waals surface area (Å²) in [5.41, 5.74) is 1.83. The highest BCUT2D eigenvalue weighted by Crippen LogP contribution is 2.66. The molecule has 0 saturated heterocycles. The third kappa shape index (κ3) is 2.49. The van der Waals surface area contributed by atoms with Crippen LogP contribution in [0.1, 0.15) is 65.2 Å². The SMILES string of the molecule is COCC12CC[C@H](O)CC1=CC[C@@H]1[C@@H]2CC[C@]2(C)C(C(C)=O)CC[C@@H]12. The van der Waals surface area contributed by atoms with Crippen molar-refractivity contribution in [1.29, 1.82) is 0 Å². The van der Waals surface area contributed by atoms with E-state index in [4.69, 9.17) is 4.74 Å². The Balaban J connectivity index is 1.69. The summed E-state index contributed by atoms with van der Waals surface area (Å²) >= 11 is 0. The number of hydrogen-bond acceptors (Lipinski definition) is 3. The van der Waals surface area contributed by atoms with Gasteiger partial charge in [0.15, 0.2) is 0 Å². The fourth-order valence-electron chi connectivity index (χ4n) is 7.63. The Morgan fingerprint density at radius 3 is 2.76 bits per heavy atom. The van der Waals surface area contributed by atoms with Gasteiger partial charge < -0.3 is 9.84 Å². The number of Topliss-reactive ketones (excluding diaryl/α,β-unsaturated/α-hetero) is 1. The standard InChI is InChI=1S/C22H34O3/c1-14(23)18-6-7-19-17-5-4-15-12-16(24)8-11-22(15,13-25-3)20(17)9-10-21(18,19)2/h4,16-20,24H,5-13H2,1-3H3/t16-,17-,18?,19-,20-,21+,22?/m0/s1. The minimum absolute atomic E-state index is 0.145. The van der Waals surface area contributed by atoms with Crippen molar-refractivity contribution in [3.8, 4) is 0 Å². The molecule has 0 aromatic carbocycles. The van der Waals surface area contributed by atoms with Crippen LogP contribution in [-0.2, 0) is 9.53 Å². The van der Waals surface area contributed by atoms with Gasteiger partial charge in [-0.25, -0.2) is 0 Å². The van der Waals surface area contributed by atoms with E-state index in [1.54, 1.807) is 6.92 Å². The summed E-state index contributed by atoms with van der Waals surface area (Å²) in [4.78, 5) is 12.2. The van der Waals surface area contributed by atoms with Gasteiger partial charge in [0.25, 0.3) is 0 Å². The summed E-state index contributed by atoms with van der Waals surface area (Å²) in [6.45, 7) is 5.00. The van der Waals surface area contributed by atoms with Gasteiger partial charge in [0, 0.05) is 18.4 Å². The zero-order chi connectivity index (χ0) is 17.8. The molecule has 7 atom stereocenters. The van der Waals surface area contributed by atoms with Crippen LogP contribution in [-0.4, -0.2) is 30.7 Å². The molecular formula is C22H34O3. The topological polar surface area (TPSA) is 46.5 Å². The highest BCUT2D eigenvalue weighted by Gasteiger charge is 2.60. The van der Waals surface area contributed by atoms with Gasteiger partial charge in [0.1, 0.15) is 5.78 Å². The summed E-state index contributed by atoms with van der Waals surface area (Å²) in [7, 11) is 1.83. The first kappa shape index (κ1) is 17.7. The third-order valence-corrected chi connectivity index (χ3v) is 8.69. The summed E-state index contributed by atoms with van der Waals surface area (Å²) in [5.74, 6) is 2.72. The zero-order valence-corrected chi connectivity index (χ0v) is 16.1. The lowest BCUT2D eigenvalue weighted by Gasteiger charge is -2.58. The number of ketones is 1. The summed E-state index contributed by atoms with van der Waals surface area (Å²) < 4.78 is 5.75. The van der Waals surface area contributed by atoms with Crippen molar-refractivity contribution in [2.45, 2.75) is 71.3 Å². The molecule has 4 aliphatic rings. The fourth-order valence-corrected chi connectivity index (χ4v) is 7.63. The number of carbonyl (C=O) groups excluding carboxylic acids is 1. The lowest BCUT2D eigenvalue weighted by Crippen LogP contribution is -2.53. The maximum Gasteiger partial charge on any atom is 0.133 e. The van der Waals surface area contributed by atoms with E-state index in [9.17, 15) is 9.90 Å². The lowest BCUT2D eigenvalue weighted by atomic mass is 9.47. The summed E-state index contributed by atoms with van der Waals surface area (Å²) in [5, 5.41) is 10.2. The van der Waals surface area contributed by atoms with Crippen LogP contribution in [0.3, 0.4) is 0 Å². The van der Waals surface area contributed by atoms with Crippen LogP contribution in [0.5, 0.6) is 0 Å². The Hall–Kier alpha value is -0.670. The number of ether oxygens (including phenoxy) is 1. The largest absolute Gasteiger partial charge is 0.393 e. The van der Waals surface area contributed by atoms with Crippen molar-refractivity contribution < 1.29 is 14.6 Å². The second-order valence-electron chi connectivity index (χ2n) is 9.61. The van der Waals surface area contributed by atoms with Crippen molar-refractivity contribution in [3.63, 3.8) is 0 Å². The monoisotopic (exact) mass is 346 g/mol. The maximum absolute atomic E-state index is 12.2. The molecule has 0 bridgehead atoms. The van der Waals surface area contributed by atoms with E-state index in [1.807, 2.05) is 7.11 Å². The van der Waals surface area contributed by atoms with Gasteiger partial charge in [0.05, 0.1) is 12.7 Å². The molecular weight excluding hydrogens is 312 g/mol. The quantitative estimate of drug-likeness (QED) is 0.781. The first-order valence-electron chi connectivity index (χ1n) is 10.3. The molecule has 0 heterocycles. The number of rotatable bonds is 3. The number of fused-ring (bicyclic) bond motifs is 5. The number of allylic oxidation sites excluding steroid dienone is 1. The molecule has 1 N–H and O–H groups in total. The second kappa shape index (κ2) is 6.20. The molecule has 2 unspecified atom stereocenters. The first-order valence-corrected chi connectivity index (χ1v) is 10.3. The molecule has 3 saturated carbocycles. The van der Waals surface area contributed by atoms with Crippen molar-refractivity contribution >= 4 is 5.78 Å². The number of carbonyl (C=O) groups is 1. The maximum atomic E-state index is 12.2. The van der Waals surface area contributed by atoms with Crippen molar-refractivity contribution in [3.05, 3.63) is 11.6 Å². The molecule has 3 nitrogen and oxygen atoms in total. The van der Waals surface area contributed by atoms with Crippen LogP contribution in [0.4, 0.5) is 0 Å². The summed E-state index contributed by atoms with van der Waals surface area (Å²) in [6, 6.07) is 0. The molecule has 0 aromatic rings. The molecule has 0 aliphatic heterocycles. The normalized spacial score (nSPS) is 49.0. The number of aliphatic hydroxyl groups is 1. The Kier molecular flexibility index (Phi) is 4.39. The highest BCUT2D eigenvalue weighted by molar-refractivity contribution is 5.79. The second-order valence-corrected chi connectivity index (χ2v) is 9.61. The Morgan fingerprint density at radius 2 is 2.04 bits per heavy atom. The van der Waals surface area contributed by atoms with Gasteiger partial charge in [-0.2, -0.15) is 0 Å².